The lowest BCUT2D eigenvalue weighted by Crippen LogP contribution is -2.47. The first kappa shape index (κ1) is 13.9. The van der Waals surface area contributed by atoms with Crippen LogP contribution in [-0.2, 0) is 9.53 Å². The van der Waals surface area contributed by atoms with Crippen molar-refractivity contribution in [1.82, 2.24) is 0 Å². The van der Waals surface area contributed by atoms with Crippen LogP contribution < -0.4 is 10.5 Å². The van der Waals surface area contributed by atoms with Gasteiger partial charge in [0.25, 0.3) is 0 Å². The standard InChI is InChI=1S/C15H21NO3/c1-3-18-14(17)15(16)9-8-13(10-15)19-12-6-4-11(2)5-7-12/h4-7,13H,3,8-10,16H2,1-2H3. The van der Waals surface area contributed by atoms with Gasteiger partial charge in [0.05, 0.1) is 6.61 Å². The van der Waals surface area contributed by atoms with Gasteiger partial charge < -0.3 is 15.2 Å². The zero-order valence-corrected chi connectivity index (χ0v) is 11.5. The van der Waals surface area contributed by atoms with E-state index >= 15 is 0 Å². The van der Waals surface area contributed by atoms with Crippen LogP contribution in [0, 0.1) is 6.92 Å². The summed E-state index contributed by atoms with van der Waals surface area (Å²) in [5.74, 6) is 0.508. The van der Waals surface area contributed by atoms with Gasteiger partial charge in [0.2, 0.25) is 0 Å². The smallest absolute Gasteiger partial charge is 0.326 e. The van der Waals surface area contributed by atoms with Crippen molar-refractivity contribution in [3.63, 3.8) is 0 Å². The van der Waals surface area contributed by atoms with E-state index in [4.69, 9.17) is 15.2 Å². The molecule has 1 aliphatic carbocycles. The van der Waals surface area contributed by atoms with Crippen LogP contribution >= 0.6 is 0 Å². The van der Waals surface area contributed by atoms with Crippen LogP contribution in [0.2, 0.25) is 0 Å². The zero-order valence-electron chi connectivity index (χ0n) is 11.5. The fourth-order valence-corrected chi connectivity index (χ4v) is 2.40. The molecule has 2 atom stereocenters. The summed E-state index contributed by atoms with van der Waals surface area (Å²) >= 11 is 0. The third kappa shape index (κ3) is 3.26. The number of carbonyl (C=O) groups excluding carboxylic acids is 1. The molecule has 19 heavy (non-hydrogen) atoms. The van der Waals surface area contributed by atoms with Crippen LogP contribution in [0.5, 0.6) is 5.75 Å². The number of nitrogens with two attached hydrogens (primary N) is 1. The van der Waals surface area contributed by atoms with Crippen molar-refractivity contribution in [2.45, 2.75) is 44.8 Å². The molecular formula is C15H21NO3. The second kappa shape index (κ2) is 5.61. The van der Waals surface area contributed by atoms with Crippen molar-refractivity contribution in [3.8, 4) is 5.75 Å². The number of ether oxygens (including phenoxy) is 2. The Morgan fingerprint density at radius 2 is 2.11 bits per heavy atom. The van der Waals surface area contributed by atoms with E-state index in [-0.39, 0.29) is 12.1 Å². The zero-order chi connectivity index (χ0) is 13.9. The van der Waals surface area contributed by atoms with Gasteiger partial charge in [0.15, 0.2) is 0 Å². The van der Waals surface area contributed by atoms with Crippen LogP contribution in [0.1, 0.15) is 31.7 Å². The molecule has 2 rings (SSSR count). The van der Waals surface area contributed by atoms with Gasteiger partial charge in [-0.05, 0) is 38.8 Å². The summed E-state index contributed by atoms with van der Waals surface area (Å²) in [6.45, 7) is 4.18. The molecule has 0 saturated heterocycles. The Bertz CT molecular complexity index is 443. The summed E-state index contributed by atoms with van der Waals surface area (Å²) in [5, 5.41) is 0. The van der Waals surface area contributed by atoms with Gasteiger partial charge in [-0.2, -0.15) is 0 Å². The largest absolute Gasteiger partial charge is 0.490 e. The van der Waals surface area contributed by atoms with Crippen molar-refractivity contribution in [3.05, 3.63) is 29.8 Å². The van der Waals surface area contributed by atoms with Crippen molar-refractivity contribution in [2.75, 3.05) is 6.61 Å². The SMILES string of the molecule is CCOC(=O)C1(N)CCC(Oc2ccc(C)cc2)C1. The normalized spacial score (nSPS) is 26.2. The van der Waals surface area contributed by atoms with Crippen LogP contribution in [-0.4, -0.2) is 24.2 Å². The van der Waals surface area contributed by atoms with Crippen molar-refractivity contribution in [2.24, 2.45) is 5.73 Å². The van der Waals surface area contributed by atoms with Gasteiger partial charge in [0.1, 0.15) is 17.4 Å². The predicted molar refractivity (Wildman–Crippen MR) is 73.0 cm³/mol. The van der Waals surface area contributed by atoms with E-state index in [1.54, 1.807) is 6.92 Å². The summed E-state index contributed by atoms with van der Waals surface area (Å²) in [7, 11) is 0. The number of benzene rings is 1. The molecule has 4 nitrogen and oxygen atoms in total. The van der Waals surface area contributed by atoms with E-state index in [0.29, 0.717) is 19.4 Å². The van der Waals surface area contributed by atoms with Crippen molar-refractivity contribution in [1.29, 1.82) is 0 Å². The molecule has 0 radical (unpaired) electrons. The fourth-order valence-electron chi connectivity index (χ4n) is 2.40. The molecule has 0 spiro atoms. The van der Waals surface area contributed by atoms with E-state index in [2.05, 4.69) is 0 Å². The van der Waals surface area contributed by atoms with E-state index in [0.717, 1.165) is 12.2 Å². The minimum atomic E-state index is -0.884. The molecule has 0 aromatic heterocycles. The molecule has 1 saturated carbocycles. The average molecular weight is 263 g/mol. The molecule has 104 valence electrons. The van der Waals surface area contributed by atoms with E-state index < -0.39 is 5.54 Å². The average Bonchev–Trinajstić information content (AvgIpc) is 2.76. The quantitative estimate of drug-likeness (QED) is 0.846. The molecular weight excluding hydrogens is 242 g/mol. The second-order valence-corrected chi connectivity index (χ2v) is 5.17. The first-order valence-corrected chi connectivity index (χ1v) is 6.73. The highest BCUT2D eigenvalue weighted by molar-refractivity contribution is 5.81. The Morgan fingerprint density at radius 3 is 2.74 bits per heavy atom. The lowest BCUT2D eigenvalue weighted by Gasteiger charge is -2.21. The Labute approximate surface area is 113 Å². The van der Waals surface area contributed by atoms with Crippen LogP contribution in [0.25, 0.3) is 0 Å². The molecule has 1 aliphatic rings. The number of carbonyl (C=O) groups is 1. The van der Waals surface area contributed by atoms with Crippen molar-refractivity contribution >= 4 is 5.97 Å². The van der Waals surface area contributed by atoms with E-state index in [1.807, 2.05) is 31.2 Å². The number of hydrogen-bond acceptors (Lipinski definition) is 4. The number of esters is 1. The summed E-state index contributed by atoms with van der Waals surface area (Å²) in [6.07, 6.45) is 1.89. The highest BCUT2D eigenvalue weighted by Crippen LogP contribution is 2.32. The van der Waals surface area contributed by atoms with Gasteiger partial charge in [0, 0.05) is 6.42 Å². The lowest BCUT2D eigenvalue weighted by molar-refractivity contribution is -0.149. The van der Waals surface area contributed by atoms with Gasteiger partial charge >= 0.3 is 5.97 Å². The molecule has 0 bridgehead atoms. The topological polar surface area (TPSA) is 61.5 Å². The van der Waals surface area contributed by atoms with Crippen molar-refractivity contribution < 1.29 is 14.3 Å². The molecule has 2 unspecified atom stereocenters. The first-order chi connectivity index (χ1) is 9.03. The molecule has 4 heteroatoms. The van der Waals surface area contributed by atoms with Gasteiger partial charge in [-0.3, -0.25) is 4.79 Å². The molecule has 2 N–H and O–H groups in total. The maximum Gasteiger partial charge on any atom is 0.326 e. The first-order valence-electron chi connectivity index (χ1n) is 6.73. The minimum Gasteiger partial charge on any atom is -0.490 e. The molecule has 1 fully saturated rings. The Hall–Kier alpha value is -1.55. The minimum absolute atomic E-state index is 0.0166. The fraction of sp³-hybridized carbons (Fsp3) is 0.533. The summed E-state index contributed by atoms with van der Waals surface area (Å²) in [5.41, 5.74) is 6.41. The summed E-state index contributed by atoms with van der Waals surface area (Å²) in [6, 6.07) is 7.89. The number of rotatable bonds is 4. The highest BCUT2D eigenvalue weighted by atomic mass is 16.5. The summed E-state index contributed by atoms with van der Waals surface area (Å²) in [4.78, 5) is 11.8. The van der Waals surface area contributed by atoms with Gasteiger partial charge in [-0.15, -0.1) is 0 Å². The third-order valence-corrected chi connectivity index (χ3v) is 3.51. The molecule has 0 aliphatic heterocycles. The van der Waals surface area contributed by atoms with Crippen LogP contribution in [0.4, 0.5) is 0 Å². The Balaban J connectivity index is 1.94. The molecule has 0 amide bonds. The maximum absolute atomic E-state index is 11.8. The van der Waals surface area contributed by atoms with E-state index in [9.17, 15) is 4.79 Å². The van der Waals surface area contributed by atoms with Crippen LogP contribution in [0.15, 0.2) is 24.3 Å². The molecule has 1 aromatic carbocycles. The predicted octanol–water partition coefficient (Wildman–Crippen LogP) is 2.19. The lowest BCUT2D eigenvalue weighted by atomic mass is 9.99. The molecule has 0 heterocycles. The Kier molecular flexibility index (Phi) is 4.10. The Morgan fingerprint density at radius 1 is 1.42 bits per heavy atom. The third-order valence-electron chi connectivity index (χ3n) is 3.51. The second-order valence-electron chi connectivity index (χ2n) is 5.17. The number of hydrogen-bond donors (Lipinski definition) is 1. The highest BCUT2D eigenvalue weighted by Gasteiger charge is 2.44. The number of aryl methyl sites for hydroxylation is 1. The van der Waals surface area contributed by atoms with E-state index in [1.165, 1.54) is 5.56 Å². The monoisotopic (exact) mass is 263 g/mol. The van der Waals surface area contributed by atoms with Crippen LogP contribution in [0.3, 0.4) is 0 Å². The summed E-state index contributed by atoms with van der Waals surface area (Å²) < 4.78 is 10.9. The van der Waals surface area contributed by atoms with Gasteiger partial charge in [-0.1, -0.05) is 17.7 Å². The molecule has 1 aromatic rings. The maximum atomic E-state index is 11.8. The van der Waals surface area contributed by atoms with Gasteiger partial charge in [-0.25, -0.2) is 0 Å².